The van der Waals surface area contributed by atoms with Gasteiger partial charge in [0, 0.05) is 19.1 Å². The van der Waals surface area contributed by atoms with Gasteiger partial charge in [0.25, 0.3) is 0 Å². The number of amides is 1. The Hall–Kier alpha value is -1.40. The maximum Gasteiger partial charge on any atom is 0.514 e. The fourth-order valence-electron chi connectivity index (χ4n) is 4.17. The van der Waals surface area contributed by atoms with Crippen molar-refractivity contribution >= 4 is 40.4 Å². The van der Waals surface area contributed by atoms with E-state index in [1.807, 2.05) is 27.7 Å². The molecule has 2 fully saturated rings. The summed E-state index contributed by atoms with van der Waals surface area (Å²) < 4.78 is 44.7. The first-order valence-corrected chi connectivity index (χ1v) is 13.5. The number of sulfonamides is 1. The summed E-state index contributed by atoms with van der Waals surface area (Å²) in [5.74, 6) is 0. The summed E-state index contributed by atoms with van der Waals surface area (Å²) in [7, 11) is -4.38. The summed E-state index contributed by atoms with van der Waals surface area (Å²) in [4.78, 5) is 18.8. The van der Waals surface area contributed by atoms with Crippen molar-refractivity contribution < 1.29 is 27.3 Å². The number of ether oxygens (including phenoxy) is 1. The Bertz CT molecular complexity index is 1040. The minimum atomic E-state index is -3.61. The van der Waals surface area contributed by atoms with Gasteiger partial charge in [-0.1, -0.05) is 11.6 Å². The van der Waals surface area contributed by atoms with E-state index in [2.05, 4.69) is 4.98 Å². The molecule has 0 aliphatic carbocycles. The first-order chi connectivity index (χ1) is 15.3. The molecular weight excluding hydrogens is 481 g/mol. The van der Waals surface area contributed by atoms with Gasteiger partial charge in [-0.05, 0) is 73.1 Å². The van der Waals surface area contributed by atoms with Gasteiger partial charge in [0.15, 0.2) is 0 Å². The topological polar surface area (TPSA) is 98.3 Å². The molecule has 1 aromatic heterocycles. The quantitative estimate of drug-likeness (QED) is 0.451. The van der Waals surface area contributed by atoms with Crippen molar-refractivity contribution in [2.45, 2.75) is 84.3 Å². The third-order valence-corrected chi connectivity index (χ3v) is 7.94. The first kappa shape index (κ1) is 27.2. The molecular formula is C22H35BClN3O6S. The van der Waals surface area contributed by atoms with Crippen molar-refractivity contribution in [2.24, 2.45) is 0 Å². The number of hydrogen-bond acceptors (Lipinski definition) is 7. The highest BCUT2D eigenvalue weighted by atomic mass is 35.5. The lowest BCUT2D eigenvalue weighted by molar-refractivity contribution is 0.00573. The molecule has 0 spiro atoms. The largest absolute Gasteiger partial charge is 0.514 e. The molecule has 0 bridgehead atoms. The fourth-order valence-corrected chi connectivity index (χ4v) is 5.77. The second-order valence-corrected chi connectivity index (χ2v) is 13.4. The molecule has 0 saturated carbocycles. The SMILES string of the molecule is C[C@@H]1CN(C(=O)OC(C)(C)C)C[C@@H](c2cc(Cl)nc(B3OC(C)(C)C(C)(C)O3)c2)N1S(C)(=O)=O. The molecule has 0 unspecified atom stereocenters. The summed E-state index contributed by atoms with van der Waals surface area (Å²) in [6, 6.07) is 2.19. The Kier molecular flexibility index (Phi) is 7.14. The predicted molar refractivity (Wildman–Crippen MR) is 132 cm³/mol. The minimum Gasteiger partial charge on any atom is -0.444 e. The van der Waals surface area contributed by atoms with Crippen LogP contribution in [0.15, 0.2) is 12.1 Å². The van der Waals surface area contributed by atoms with Crippen molar-refractivity contribution in [3.8, 4) is 0 Å². The Morgan fingerprint density at radius 3 is 2.24 bits per heavy atom. The Balaban J connectivity index is 2.01. The maximum absolute atomic E-state index is 12.8. The number of aromatic nitrogens is 1. The van der Waals surface area contributed by atoms with Gasteiger partial charge in [0.1, 0.15) is 10.8 Å². The number of halogens is 1. The molecule has 2 atom stereocenters. The smallest absolute Gasteiger partial charge is 0.444 e. The van der Waals surface area contributed by atoms with Gasteiger partial charge >= 0.3 is 13.2 Å². The second-order valence-electron chi connectivity index (χ2n) is 11.1. The summed E-state index contributed by atoms with van der Waals surface area (Å²) in [6.07, 6.45) is 0.668. The third kappa shape index (κ3) is 5.70. The molecule has 2 aliphatic rings. The van der Waals surface area contributed by atoms with E-state index in [4.69, 9.17) is 25.6 Å². The Morgan fingerprint density at radius 1 is 1.18 bits per heavy atom. The Morgan fingerprint density at radius 2 is 1.74 bits per heavy atom. The number of rotatable bonds is 3. The van der Waals surface area contributed by atoms with Crippen molar-refractivity contribution in [1.82, 2.24) is 14.2 Å². The number of hydrogen-bond donors (Lipinski definition) is 0. The number of piperazine rings is 1. The van der Waals surface area contributed by atoms with Crippen LogP contribution in [-0.2, 0) is 24.1 Å². The van der Waals surface area contributed by atoms with Crippen molar-refractivity contribution in [1.29, 1.82) is 0 Å². The zero-order valence-corrected chi connectivity index (χ0v) is 23.0. The first-order valence-electron chi connectivity index (χ1n) is 11.3. The summed E-state index contributed by atoms with van der Waals surface area (Å²) in [6.45, 7) is 15.2. The lowest BCUT2D eigenvalue weighted by atomic mass is 9.82. The molecule has 1 amide bonds. The monoisotopic (exact) mass is 515 g/mol. The third-order valence-electron chi connectivity index (χ3n) is 6.37. The predicted octanol–water partition coefficient (Wildman–Crippen LogP) is 2.98. The van der Waals surface area contributed by atoms with E-state index in [0.717, 1.165) is 6.26 Å². The highest BCUT2D eigenvalue weighted by Gasteiger charge is 2.52. The highest BCUT2D eigenvalue weighted by molar-refractivity contribution is 7.88. The molecule has 34 heavy (non-hydrogen) atoms. The van der Waals surface area contributed by atoms with Gasteiger partial charge in [-0.3, -0.25) is 0 Å². The van der Waals surface area contributed by atoms with Crippen LogP contribution in [0.2, 0.25) is 5.15 Å². The number of carbonyl (C=O) groups excluding carboxylic acids is 1. The molecule has 0 radical (unpaired) electrons. The minimum absolute atomic E-state index is 0.107. The van der Waals surface area contributed by atoms with Crippen LogP contribution in [-0.4, -0.2) is 78.0 Å². The number of carbonyl (C=O) groups is 1. The van der Waals surface area contributed by atoms with Gasteiger partial charge in [-0.25, -0.2) is 18.2 Å². The average Bonchev–Trinajstić information content (AvgIpc) is 2.85. The summed E-state index contributed by atoms with van der Waals surface area (Å²) in [5, 5.41) is 0.178. The van der Waals surface area contributed by atoms with Crippen LogP contribution < -0.4 is 5.59 Å². The van der Waals surface area contributed by atoms with Crippen molar-refractivity contribution in [2.75, 3.05) is 19.3 Å². The molecule has 2 saturated heterocycles. The van der Waals surface area contributed by atoms with E-state index in [-0.39, 0.29) is 18.2 Å². The molecule has 3 heterocycles. The van der Waals surface area contributed by atoms with Crippen molar-refractivity contribution in [3.05, 3.63) is 22.8 Å². The van der Waals surface area contributed by atoms with Crippen LogP contribution in [0.5, 0.6) is 0 Å². The van der Waals surface area contributed by atoms with Gasteiger partial charge in [0.2, 0.25) is 10.0 Å². The van der Waals surface area contributed by atoms with Crippen LogP contribution >= 0.6 is 11.6 Å². The number of nitrogens with zero attached hydrogens (tertiary/aromatic N) is 3. The van der Waals surface area contributed by atoms with E-state index in [0.29, 0.717) is 11.2 Å². The molecule has 0 N–H and O–H groups in total. The van der Waals surface area contributed by atoms with Crippen LogP contribution in [0.25, 0.3) is 0 Å². The molecule has 2 aliphatic heterocycles. The average molecular weight is 516 g/mol. The van der Waals surface area contributed by atoms with E-state index < -0.39 is 52.1 Å². The van der Waals surface area contributed by atoms with E-state index in [1.165, 1.54) is 9.21 Å². The zero-order valence-electron chi connectivity index (χ0n) is 21.4. The molecule has 190 valence electrons. The van der Waals surface area contributed by atoms with Crippen LogP contribution in [0.3, 0.4) is 0 Å². The van der Waals surface area contributed by atoms with Crippen LogP contribution in [0.4, 0.5) is 4.79 Å². The zero-order chi connectivity index (χ0) is 25.9. The Labute approximate surface area is 208 Å². The normalized spacial score (nSPS) is 25.5. The number of pyridine rings is 1. The molecule has 3 rings (SSSR count). The van der Waals surface area contributed by atoms with E-state index >= 15 is 0 Å². The second kappa shape index (κ2) is 8.92. The summed E-state index contributed by atoms with van der Waals surface area (Å²) in [5.41, 5.74) is -0.791. The van der Waals surface area contributed by atoms with Gasteiger partial charge in [-0.2, -0.15) is 4.31 Å². The molecule has 0 aromatic carbocycles. The fraction of sp³-hybridized carbons (Fsp3) is 0.727. The van der Waals surface area contributed by atoms with Crippen LogP contribution in [0, 0.1) is 0 Å². The van der Waals surface area contributed by atoms with E-state index in [9.17, 15) is 13.2 Å². The van der Waals surface area contributed by atoms with Gasteiger partial charge in [-0.15, -0.1) is 0 Å². The van der Waals surface area contributed by atoms with Crippen LogP contribution in [0.1, 0.15) is 67.0 Å². The molecule has 9 nitrogen and oxygen atoms in total. The van der Waals surface area contributed by atoms with Crippen molar-refractivity contribution in [3.63, 3.8) is 0 Å². The lowest BCUT2D eigenvalue weighted by Crippen LogP contribution is -2.57. The lowest BCUT2D eigenvalue weighted by Gasteiger charge is -2.44. The van der Waals surface area contributed by atoms with E-state index in [1.54, 1.807) is 39.8 Å². The maximum atomic E-state index is 12.8. The van der Waals surface area contributed by atoms with Gasteiger partial charge < -0.3 is 18.9 Å². The summed E-state index contributed by atoms with van der Waals surface area (Å²) >= 11 is 6.38. The molecule has 1 aromatic rings. The standard InChI is InChI=1S/C22H35BClN3O6S/c1-14-12-26(19(28)31-20(2,3)4)13-16(27(14)34(9,29)30)15-10-17(25-18(24)11-15)23-32-21(5,6)22(7,8)33-23/h10-11,14,16H,12-13H2,1-9H3/t14-,16+/m1/s1. The highest BCUT2D eigenvalue weighted by Crippen LogP contribution is 2.37. The molecule has 12 heteroatoms. The van der Waals surface area contributed by atoms with Gasteiger partial charge in [0.05, 0.1) is 29.1 Å².